The van der Waals surface area contributed by atoms with Crippen molar-refractivity contribution in [3.8, 4) is 0 Å². The highest BCUT2D eigenvalue weighted by Gasteiger charge is 2.26. The normalized spacial score (nSPS) is 14.7. The molecule has 0 aliphatic carbocycles. The molecule has 178 valence electrons. The summed E-state index contributed by atoms with van der Waals surface area (Å²) in [6, 6.07) is 0. The zero-order valence-electron chi connectivity index (χ0n) is 19.3. The first kappa shape index (κ1) is 29.0. The highest BCUT2D eigenvalue weighted by Crippen LogP contribution is 2.43. The van der Waals surface area contributed by atoms with Gasteiger partial charge in [0.25, 0.3) is 0 Å². The Labute approximate surface area is 181 Å². The van der Waals surface area contributed by atoms with Gasteiger partial charge in [-0.05, 0) is 12.8 Å². The molecule has 1 unspecified atom stereocenters. The zero-order valence-corrected chi connectivity index (χ0v) is 20.2. The van der Waals surface area contributed by atoms with E-state index in [1.165, 1.54) is 0 Å². The lowest BCUT2D eigenvalue weighted by Crippen LogP contribution is -2.37. The molecule has 1 N–H and O–H groups in total. The van der Waals surface area contributed by atoms with Crippen molar-refractivity contribution in [1.82, 2.24) is 0 Å². The smallest absolute Gasteiger partial charge is 0.462 e. The van der Waals surface area contributed by atoms with Crippen molar-refractivity contribution in [2.24, 2.45) is 0 Å². The van der Waals surface area contributed by atoms with Crippen molar-refractivity contribution in [3.63, 3.8) is 0 Å². The van der Waals surface area contributed by atoms with Crippen molar-refractivity contribution in [2.45, 2.75) is 71.3 Å². The summed E-state index contributed by atoms with van der Waals surface area (Å²) in [7, 11) is 1.47. The quantitative estimate of drug-likeness (QED) is 0.145. The maximum Gasteiger partial charge on any atom is 0.472 e. The molecule has 0 amide bonds. The van der Waals surface area contributed by atoms with Gasteiger partial charge in [-0.3, -0.25) is 18.6 Å². The van der Waals surface area contributed by atoms with E-state index < -0.39 is 32.5 Å². The van der Waals surface area contributed by atoms with Crippen LogP contribution in [0.1, 0.15) is 65.2 Å². The Hall–Kier alpha value is -0.990. The van der Waals surface area contributed by atoms with Gasteiger partial charge < -0.3 is 18.9 Å². The molecule has 0 spiro atoms. The minimum atomic E-state index is -4.31. The second-order valence-electron chi connectivity index (χ2n) is 8.32. The molecule has 0 aliphatic rings. The average molecular weight is 455 g/mol. The number of likely N-dealkylation sites (N-methyl/N-ethyl adjacent to an activating group) is 1. The largest absolute Gasteiger partial charge is 0.472 e. The molecule has 0 radical (unpaired) electrons. The summed E-state index contributed by atoms with van der Waals surface area (Å²) >= 11 is 0. The van der Waals surface area contributed by atoms with Crippen LogP contribution in [0.5, 0.6) is 0 Å². The van der Waals surface area contributed by atoms with Gasteiger partial charge in [-0.1, -0.05) is 39.5 Å². The predicted octanol–water partition coefficient (Wildman–Crippen LogP) is 3.44. The molecule has 2 atom stereocenters. The summed E-state index contributed by atoms with van der Waals surface area (Å²) in [5.74, 6) is -0.866. The molecule has 0 aromatic heterocycles. The number of unbranched alkanes of at least 4 members (excludes halogenated alkanes) is 4. The minimum Gasteiger partial charge on any atom is -0.462 e. The van der Waals surface area contributed by atoms with Crippen LogP contribution in [0.15, 0.2) is 0 Å². The van der Waals surface area contributed by atoms with Crippen LogP contribution in [0, 0.1) is 0 Å². The van der Waals surface area contributed by atoms with E-state index >= 15 is 0 Å². The third kappa shape index (κ3) is 17.8. The van der Waals surface area contributed by atoms with Crippen molar-refractivity contribution in [2.75, 3.05) is 47.5 Å². The van der Waals surface area contributed by atoms with E-state index in [0.29, 0.717) is 23.9 Å². The topological polar surface area (TPSA) is 108 Å². The molecule has 0 bridgehead atoms. The van der Waals surface area contributed by atoms with E-state index in [4.69, 9.17) is 18.5 Å². The molecule has 0 aliphatic heterocycles. The lowest BCUT2D eigenvalue weighted by Gasteiger charge is -2.24. The van der Waals surface area contributed by atoms with Crippen LogP contribution in [-0.2, 0) is 32.7 Å². The third-order valence-corrected chi connectivity index (χ3v) is 5.12. The molecule has 0 aromatic carbocycles. The van der Waals surface area contributed by atoms with E-state index in [0.717, 1.165) is 25.7 Å². The summed E-state index contributed by atoms with van der Waals surface area (Å²) in [4.78, 5) is 33.6. The van der Waals surface area contributed by atoms with Crippen LogP contribution in [0.3, 0.4) is 0 Å². The molecule has 0 aromatic rings. The first-order valence-corrected chi connectivity index (χ1v) is 12.3. The van der Waals surface area contributed by atoms with Gasteiger partial charge in [0.15, 0.2) is 6.10 Å². The van der Waals surface area contributed by atoms with Crippen LogP contribution >= 0.6 is 7.82 Å². The van der Waals surface area contributed by atoms with Gasteiger partial charge in [0.1, 0.15) is 19.8 Å². The second-order valence-corrected chi connectivity index (χ2v) is 9.77. The SMILES string of the molecule is CCCCCCC(=O)O[C@H](COC(=O)CCCC)COP(=O)(O)OCC[N+](C)(C)C. The number of phosphoric acid groups is 1. The van der Waals surface area contributed by atoms with Crippen LogP contribution < -0.4 is 0 Å². The van der Waals surface area contributed by atoms with Gasteiger partial charge in [0, 0.05) is 12.8 Å². The van der Waals surface area contributed by atoms with Crippen molar-refractivity contribution in [3.05, 3.63) is 0 Å². The maximum absolute atomic E-state index is 12.1. The molecule has 0 heterocycles. The molecule has 0 fully saturated rings. The highest BCUT2D eigenvalue weighted by atomic mass is 31.2. The monoisotopic (exact) mass is 454 g/mol. The molecule has 30 heavy (non-hydrogen) atoms. The number of rotatable bonds is 18. The van der Waals surface area contributed by atoms with Gasteiger partial charge >= 0.3 is 19.8 Å². The average Bonchev–Trinajstić information content (AvgIpc) is 2.64. The van der Waals surface area contributed by atoms with E-state index in [9.17, 15) is 19.0 Å². The maximum atomic E-state index is 12.1. The molecular formula is C20H41NO8P+. The number of hydrogen-bond donors (Lipinski definition) is 1. The van der Waals surface area contributed by atoms with Gasteiger partial charge in [0.2, 0.25) is 0 Å². The number of ether oxygens (including phenoxy) is 2. The Bertz CT molecular complexity index is 535. The fraction of sp³-hybridized carbons (Fsp3) is 0.900. The number of phosphoric ester groups is 1. The van der Waals surface area contributed by atoms with E-state index in [1.807, 2.05) is 28.1 Å². The van der Waals surface area contributed by atoms with Crippen LogP contribution in [0.2, 0.25) is 0 Å². The lowest BCUT2D eigenvalue weighted by atomic mass is 10.1. The number of nitrogens with zero attached hydrogens (tertiary/aromatic N) is 1. The number of carbonyl (C=O) groups is 2. The summed E-state index contributed by atoms with van der Waals surface area (Å²) in [6.45, 7) is 3.95. The molecule has 9 nitrogen and oxygen atoms in total. The van der Waals surface area contributed by atoms with Crippen molar-refractivity contribution in [1.29, 1.82) is 0 Å². The predicted molar refractivity (Wildman–Crippen MR) is 114 cm³/mol. The number of quaternary nitrogens is 1. The highest BCUT2D eigenvalue weighted by molar-refractivity contribution is 7.47. The number of hydrogen-bond acceptors (Lipinski definition) is 7. The molecule has 10 heteroatoms. The van der Waals surface area contributed by atoms with Gasteiger partial charge in [-0.2, -0.15) is 0 Å². The summed E-state index contributed by atoms with van der Waals surface area (Å²) in [5, 5.41) is 0. The van der Waals surface area contributed by atoms with Crippen molar-refractivity contribution < 1.29 is 42.1 Å². The lowest BCUT2D eigenvalue weighted by molar-refractivity contribution is -0.870. The van der Waals surface area contributed by atoms with E-state index in [-0.39, 0.29) is 26.1 Å². The molecule has 0 saturated heterocycles. The van der Waals surface area contributed by atoms with Crippen LogP contribution in [0.25, 0.3) is 0 Å². The second kappa shape index (κ2) is 15.8. The fourth-order valence-electron chi connectivity index (χ4n) is 2.28. The minimum absolute atomic E-state index is 0.0329. The van der Waals surface area contributed by atoms with Gasteiger partial charge in [0.05, 0.1) is 27.7 Å². The Balaban J connectivity index is 4.63. The Morgan fingerprint density at radius 2 is 1.53 bits per heavy atom. The van der Waals surface area contributed by atoms with E-state index in [1.54, 1.807) is 0 Å². The van der Waals surface area contributed by atoms with Crippen LogP contribution in [0.4, 0.5) is 0 Å². The first-order chi connectivity index (χ1) is 14.0. The molecule has 0 saturated carbocycles. The fourth-order valence-corrected chi connectivity index (χ4v) is 3.02. The first-order valence-electron chi connectivity index (χ1n) is 10.8. The summed E-state index contributed by atoms with van der Waals surface area (Å²) in [5.41, 5.74) is 0. The van der Waals surface area contributed by atoms with Crippen LogP contribution in [-0.4, -0.2) is 74.9 Å². The van der Waals surface area contributed by atoms with E-state index in [2.05, 4.69) is 6.92 Å². The molecule has 0 rings (SSSR count). The zero-order chi connectivity index (χ0) is 23.0. The Kier molecular flexibility index (Phi) is 15.2. The summed E-state index contributed by atoms with van der Waals surface area (Å²) in [6.07, 6.45) is 4.78. The Morgan fingerprint density at radius 1 is 0.900 bits per heavy atom. The third-order valence-electron chi connectivity index (χ3n) is 4.14. The number of esters is 2. The number of carbonyl (C=O) groups excluding carboxylic acids is 2. The Morgan fingerprint density at radius 3 is 2.13 bits per heavy atom. The van der Waals surface area contributed by atoms with Gasteiger partial charge in [-0.15, -0.1) is 0 Å². The summed E-state index contributed by atoms with van der Waals surface area (Å²) < 4.78 is 33.0. The molecular weight excluding hydrogens is 413 g/mol. The van der Waals surface area contributed by atoms with Crippen molar-refractivity contribution >= 4 is 19.8 Å². The standard InChI is InChI=1S/C20H40NO8P/c1-6-8-10-11-13-20(23)29-18(16-26-19(22)12-9-7-2)17-28-30(24,25)27-15-14-21(3,4)5/h18H,6-17H2,1-5H3/p+1/t18-/m1/s1. The van der Waals surface area contributed by atoms with Gasteiger partial charge in [-0.25, -0.2) is 4.57 Å².